The van der Waals surface area contributed by atoms with Crippen molar-refractivity contribution in [3.63, 3.8) is 0 Å². The first-order chi connectivity index (χ1) is 13.8. The van der Waals surface area contributed by atoms with E-state index in [-0.39, 0.29) is 0 Å². The number of morpholine rings is 1. The molecule has 2 aliphatic rings. The van der Waals surface area contributed by atoms with Gasteiger partial charge in [0.2, 0.25) is 0 Å². The first-order valence-electron chi connectivity index (χ1n) is 10.4. The van der Waals surface area contributed by atoms with Crippen LogP contribution in [0.3, 0.4) is 0 Å². The van der Waals surface area contributed by atoms with Gasteiger partial charge in [-0.25, -0.2) is 0 Å². The largest absolute Gasteiger partial charge is 0.492 e. The molecule has 0 radical (unpaired) electrons. The standard InChI is InChI=1S/C21H34N4O2S/c1-3-19-17-25(11-15-28-19)21(22-2)23-16-18-6-4-5-7-20(18)27-14-10-24-8-12-26-13-9-24/h4-7,19H,3,8-17H2,1-2H3,(H,22,23). The number of benzene rings is 1. The third kappa shape index (κ3) is 6.29. The molecule has 0 aromatic heterocycles. The van der Waals surface area contributed by atoms with Crippen LogP contribution < -0.4 is 10.1 Å². The van der Waals surface area contributed by atoms with E-state index in [2.05, 4.69) is 57.0 Å². The van der Waals surface area contributed by atoms with Gasteiger partial charge in [0.15, 0.2) is 5.96 Å². The number of aliphatic imine (C=N–C) groups is 1. The van der Waals surface area contributed by atoms with E-state index in [0.717, 1.165) is 64.2 Å². The van der Waals surface area contributed by atoms with Crippen molar-refractivity contribution < 1.29 is 9.47 Å². The highest BCUT2D eigenvalue weighted by Crippen LogP contribution is 2.22. The molecular formula is C21H34N4O2S. The zero-order valence-corrected chi connectivity index (χ0v) is 18.0. The van der Waals surface area contributed by atoms with Crippen LogP contribution in [0.4, 0.5) is 0 Å². The molecule has 2 fully saturated rings. The lowest BCUT2D eigenvalue weighted by Gasteiger charge is -2.34. The molecule has 7 heteroatoms. The molecule has 2 saturated heterocycles. The Hall–Kier alpha value is -1.44. The van der Waals surface area contributed by atoms with Crippen molar-refractivity contribution in [2.45, 2.75) is 25.1 Å². The molecule has 0 bridgehead atoms. The average molecular weight is 407 g/mol. The lowest BCUT2D eigenvalue weighted by atomic mass is 10.2. The maximum Gasteiger partial charge on any atom is 0.193 e. The fourth-order valence-electron chi connectivity index (χ4n) is 3.57. The Morgan fingerprint density at radius 2 is 2.11 bits per heavy atom. The summed E-state index contributed by atoms with van der Waals surface area (Å²) in [5.41, 5.74) is 1.17. The van der Waals surface area contributed by atoms with Crippen LogP contribution in [0.2, 0.25) is 0 Å². The van der Waals surface area contributed by atoms with Gasteiger partial charge in [-0.05, 0) is 12.5 Å². The van der Waals surface area contributed by atoms with Crippen molar-refractivity contribution >= 4 is 17.7 Å². The quantitative estimate of drug-likeness (QED) is 0.554. The molecule has 156 valence electrons. The fourth-order valence-corrected chi connectivity index (χ4v) is 4.75. The van der Waals surface area contributed by atoms with E-state index in [1.54, 1.807) is 0 Å². The van der Waals surface area contributed by atoms with Crippen molar-refractivity contribution in [1.29, 1.82) is 0 Å². The number of hydrogen-bond donors (Lipinski definition) is 1. The van der Waals surface area contributed by atoms with Crippen molar-refractivity contribution in [3.8, 4) is 5.75 Å². The number of nitrogens with zero attached hydrogens (tertiary/aromatic N) is 3. The Balaban J connectivity index is 1.50. The summed E-state index contributed by atoms with van der Waals surface area (Å²) in [4.78, 5) is 9.29. The van der Waals surface area contributed by atoms with Crippen LogP contribution >= 0.6 is 11.8 Å². The lowest BCUT2D eigenvalue weighted by Crippen LogP contribution is -2.47. The molecular weight excluding hydrogens is 372 g/mol. The van der Waals surface area contributed by atoms with Gasteiger partial charge in [-0.3, -0.25) is 9.89 Å². The molecule has 3 rings (SSSR count). The van der Waals surface area contributed by atoms with Gasteiger partial charge in [0.05, 0.1) is 13.2 Å². The van der Waals surface area contributed by atoms with Crippen molar-refractivity contribution in [2.75, 3.05) is 65.3 Å². The van der Waals surface area contributed by atoms with Gasteiger partial charge < -0.3 is 19.7 Å². The van der Waals surface area contributed by atoms with E-state index in [1.807, 2.05) is 13.1 Å². The SMILES string of the molecule is CCC1CN(C(=NC)NCc2ccccc2OCCN2CCOCC2)CCS1. The van der Waals surface area contributed by atoms with E-state index in [9.17, 15) is 0 Å². The number of thioether (sulfide) groups is 1. The summed E-state index contributed by atoms with van der Waals surface area (Å²) in [6.07, 6.45) is 1.21. The molecule has 1 atom stereocenters. The summed E-state index contributed by atoms with van der Waals surface area (Å²) in [6, 6.07) is 8.30. The monoisotopic (exact) mass is 406 g/mol. The molecule has 1 aromatic carbocycles. The first-order valence-corrected chi connectivity index (χ1v) is 11.4. The number of ether oxygens (including phenoxy) is 2. The van der Waals surface area contributed by atoms with E-state index < -0.39 is 0 Å². The molecule has 2 aliphatic heterocycles. The highest BCUT2D eigenvalue weighted by atomic mass is 32.2. The Bertz CT molecular complexity index is 622. The highest BCUT2D eigenvalue weighted by Gasteiger charge is 2.21. The van der Waals surface area contributed by atoms with Gasteiger partial charge in [-0.2, -0.15) is 11.8 Å². The van der Waals surface area contributed by atoms with Crippen molar-refractivity contribution in [2.24, 2.45) is 4.99 Å². The molecule has 1 aromatic rings. The summed E-state index contributed by atoms with van der Waals surface area (Å²) >= 11 is 2.08. The molecule has 0 amide bonds. The Morgan fingerprint density at radius 3 is 2.89 bits per heavy atom. The summed E-state index contributed by atoms with van der Waals surface area (Å²) < 4.78 is 11.5. The minimum atomic E-state index is 0.697. The summed E-state index contributed by atoms with van der Waals surface area (Å²) in [5.74, 6) is 3.11. The molecule has 1 N–H and O–H groups in total. The first kappa shape index (κ1) is 21.3. The fraction of sp³-hybridized carbons (Fsp3) is 0.667. The molecule has 0 spiro atoms. The van der Waals surface area contributed by atoms with Crippen LogP contribution in [0.15, 0.2) is 29.3 Å². The summed E-state index contributed by atoms with van der Waals surface area (Å²) in [6.45, 7) is 10.4. The van der Waals surface area contributed by atoms with E-state index in [0.29, 0.717) is 11.9 Å². The van der Waals surface area contributed by atoms with Crippen LogP contribution in [0.25, 0.3) is 0 Å². The third-order valence-electron chi connectivity index (χ3n) is 5.28. The predicted octanol–water partition coefficient (Wildman–Crippen LogP) is 2.30. The maximum atomic E-state index is 6.11. The second-order valence-corrected chi connectivity index (χ2v) is 8.57. The Labute approximate surface area is 173 Å². The minimum absolute atomic E-state index is 0.697. The average Bonchev–Trinajstić information content (AvgIpc) is 2.76. The van der Waals surface area contributed by atoms with Gasteiger partial charge in [0.1, 0.15) is 12.4 Å². The van der Waals surface area contributed by atoms with E-state index in [1.165, 1.54) is 17.7 Å². The van der Waals surface area contributed by atoms with Crippen LogP contribution in [0.5, 0.6) is 5.75 Å². The zero-order chi connectivity index (χ0) is 19.6. The molecule has 6 nitrogen and oxygen atoms in total. The maximum absolute atomic E-state index is 6.11. The summed E-state index contributed by atoms with van der Waals surface area (Å²) in [7, 11) is 1.87. The van der Waals surface area contributed by atoms with Gasteiger partial charge >= 0.3 is 0 Å². The Kier molecular flexibility index (Phi) is 8.76. The third-order valence-corrected chi connectivity index (χ3v) is 6.66. The molecule has 28 heavy (non-hydrogen) atoms. The molecule has 2 heterocycles. The van der Waals surface area contributed by atoms with Crippen LogP contribution in [-0.2, 0) is 11.3 Å². The van der Waals surface area contributed by atoms with E-state index >= 15 is 0 Å². The van der Waals surface area contributed by atoms with Crippen LogP contribution in [0.1, 0.15) is 18.9 Å². The number of nitrogens with one attached hydrogen (secondary N) is 1. The second kappa shape index (κ2) is 11.5. The van der Waals surface area contributed by atoms with Gasteiger partial charge in [0, 0.05) is 62.9 Å². The molecule has 0 aliphatic carbocycles. The smallest absolute Gasteiger partial charge is 0.193 e. The van der Waals surface area contributed by atoms with E-state index in [4.69, 9.17) is 9.47 Å². The van der Waals surface area contributed by atoms with Crippen LogP contribution in [-0.4, -0.2) is 86.4 Å². The topological polar surface area (TPSA) is 49.3 Å². The van der Waals surface area contributed by atoms with Crippen LogP contribution in [0, 0.1) is 0 Å². The Morgan fingerprint density at radius 1 is 1.29 bits per heavy atom. The number of guanidine groups is 1. The minimum Gasteiger partial charge on any atom is -0.492 e. The number of para-hydroxylation sites is 1. The van der Waals surface area contributed by atoms with Crippen molar-refractivity contribution in [3.05, 3.63) is 29.8 Å². The predicted molar refractivity (Wildman–Crippen MR) is 118 cm³/mol. The number of hydrogen-bond acceptors (Lipinski definition) is 5. The van der Waals surface area contributed by atoms with Gasteiger partial charge in [-0.15, -0.1) is 0 Å². The molecule has 0 saturated carbocycles. The van der Waals surface area contributed by atoms with Gasteiger partial charge in [0.25, 0.3) is 0 Å². The van der Waals surface area contributed by atoms with Gasteiger partial charge in [-0.1, -0.05) is 25.1 Å². The molecule has 1 unspecified atom stereocenters. The van der Waals surface area contributed by atoms with Crippen molar-refractivity contribution in [1.82, 2.24) is 15.1 Å². The normalized spacial score (nSPS) is 21.6. The number of rotatable bonds is 7. The highest BCUT2D eigenvalue weighted by molar-refractivity contribution is 8.00. The lowest BCUT2D eigenvalue weighted by molar-refractivity contribution is 0.0322. The summed E-state index contributed by atoms with van der Waals surface area (Å²) in [5, 5.41) is 4.24. The second-order valence-electron chi connectivity index (χ2n) is 7.16. The zero-order valence-electron chi connectivity index (χ0n) is 17.2.